The Morgan fingerprint density at radius 2 is 1.60 bits per heavy atom. The Hall–Kier alpha value is -2.29. The summed E-state index contributed by atoms with van der Waals surface area (Å²) in [6.45, 7) is 12.4. The molecule has 0 saturated heterocycles. The largest absolute Gasteiger partial charge is 0.483 e. The number of carbonyl (C=O) groups is 1. The summed E-state index contributed by atoms with van der Waals surface area (Å²) in [6, 6.07) is 12.4. The third-order valence-corrected chi connectivity index (χ3v) is 4.43. The Morgan fingerprint density at radius 1 is 0.960 bits per heavy atom. The highest BCUT2D eigenvalue weighted by atomic mass is 16.5. The quantitative estimate of drug-likeness (QED) is 0.805. The molecule has 2 aromatic carbocycles. The lowest BCUT2D eigenvalue weighted by atomic mass is 10.00. The molecule has 1 unspecified atom stereocenters. The van der Waals surface area contributed by atoms with Gasteiger partial charge >= 0.3 is 0 Å². The molecule has 1 amide bonds. The van der Waals surface area contributed by atoms with Crippen LogP contribution in [-0.4, -0.2) is 12.5 Å². The van der Waals surface area contributed by atoms with Crippen molar-refractivity contribution in [2.45, 2.75) is 53.5 Å². The predicted octanol–water partition coefficient (Wildman–Crippen LogP) is 4.99. The molecule has 0 aliphatic rings. The summed E-state index contributed by atoms with van der Waals surface area (Å²) in [7, 11) is 0. The average Bonchev–Trinajstić information content (AvgIpc) is 2.54. The molecular formula is C22H29NO2. The first-order chi connectivity index (χ1) is 11.8. The van der Waals surface area contributed by atoms with Crippen molar-refractivity contribution in [2.75, 3.05) is 6.61 Å². The van der Waals surface area contributed by atoms with E-state index in [4.69, 9.17) is 4.74 Å². The Kier molecular flexibility index (Phi) is 6.24. The number of benzene rings is 2. The first-order valence-corrected chi connectivity index (χ1v) is 8.87. The van der Waals surface area contributed by atoms with Crippen molar-refractivity contribution in [1.82, 2.24) is 5.32 Å². The summed E-state index contributed by atoms with van der Waals surface area (Å²) >= 11 is 0. The van der Waals surface area contributed by atoms with Crippen LogP contribution in [-0.2, 0) is 4.79 Å². The fourth-order valence-electron chi connectivity index (χ4n) is 2.97. The second-order valence-corrected chi connectivity index (χ2v) is 7.13. The van der Waals surface area contributed by atoms with Crippen LogP contribution < -0.4 is 10.1 Å². The third kappa shape index (κ3) is 5.09. The van der Waals surface area contributed by atoms with Gasteiger partial charge in [0, 0.05) is 0 Å². The highest BCUT2D eigenvalue weighted by molar-refractivity contribution is 5.78. The smallest absolute Gasteiger partial charge is 0.258 e. The van der Waals surface area contributed by atoms with Crippen molar-refractivity contribution in [3.8, 4) is 5.75 Å². The topological polar surface area (TPSA) is 38.3 Å². The number of ether oxygens (including phenoxy) is 1. The molecule has 134 valence electrons. The molecule has 0 aliphatic carbocycles. The third-order valence-electron chi connectivity index (χ3n) is 4.43. The predicted molar refractivity (Wildman–Crippen MR) is 103 cm³/mol. The lowest BCUT2D eigenvalue weighted by Crippen LogP contribution is -2.31. The summed E-state index contributed by atoms with van der Waals surface area (Å²) in [4.78, 5) is 12.3. The van der Waals surface area contributed by atoms with Crippen molar-refractivity contribution < 1.29 is 9.53 Å². The van der Waals surface area contributed by atoms with Crippen LogP contribution in [0.5, 0.6) is 5.75 Å². The molecule has 0 radical (unpaired) electrons. The number of nitrogens with one attached hydrogen (secondary N) is 1. The van der Waals surface area contributed by atoms with Gasteiger partial charge in [-0.3, -0.25) is 4.79 Å². The molecule has 25 heavy (non-hydrogen) atoms. The van der Waals surface area contributed by atoms with Crippen LogP contribution in [0.2, 0.25) is 0 Å². The maximum absolute atomic E-state index is 12.3. The number of aryl methyl sites for hydroxylation is 3. The van der Waals surface area contributed by atoms with Crippen molar-refractivity contribution in [1.29, 1.82) is 0 Å². The molecule has 2 aromatic rings. The van der Waals surface area contributed by atoms with E-state index >= 15 is 0 Å². The standard InChI is InChI=1S/C22H29NO2/c1-14(2)19-10-8-16(4)12-21(19)25-13-22(24)23-18(6)20-11-15(3)7-9-17(20)5/h7-12,14,18H,13H2,1-6H3,(H,23,24). The van der Waals surface area contributed by atoms with Gasteiger partial charge in [0.2, 0.25) is 0 Å². The molecule has 0 heterocycles. The zero-order chi connectivity index (χ0) is 18.6. The van der Waals surface area contributed by atoms with E-state index in [0.717, 1.165) is 22.4 Å². The fourth-order valence-corrected chi connectivity index (χ4v) is 2.97. The summed E-state index contributed by atoms with van der Waals surface area (Å²) in [5.41, 5.74) is 5.77. The summed E-state index contributed by atoms with van der Waals surface area (Å²) < 4.78 is 5.82. The molecule has 1 N–H and O–H groups in total. The molecule has 0 saturated carbocycles. The van der Waals surface area contributed by atoms with Crippen LogP contribution in [0.15, 0.2) is 36.4 Å². The van der Waals surface area contributed by atoms with Gasteiger partial charge in [0.05, 0.1) is 6.04 Å². The maximum atomic E-state index is 12.3. The van der Waals surface area contributed by atoms with Crippen molar-refractivity contribution >= 4 is 5.91 Å². The highest BCUT2D eigenvalue weighted by Gasteiger charge is 2.14. The monoisotopic (exact) mass is 339 g/mol. The van der Waals surface area contributed by atoms with Crippen LogP contribution in [0.4, 0.5) is 0 Å². The molecular weight excluding hydrogens is 310 g/mol. The summed E-state index contributed by atoms with van der Waals surface area (Å²) in [6.07, 6.45) is 0. The summed E-state index contributed by atoms with van der Waals surface area (Å²) in [5, 5.41) is 3.03. The Morgan fingerprint density at radius 3 is 2.28 bits per heavy atom. The van der Waals surface area contributed by atoms with E-state index in [1.807, 2.05) is 19.9 Å². The average molecular weight is 339 g/mol. The zero-order valence-corrected chi connectivity index (χ0v) is 16.1. The van der Waals surface area contributed by atoms with Gasteiger partial charge in [-0.1, -0.05) is 49.7 Å². The number of carbonyl (C=O) groups excluding carboxylic acids is 1. The molecule has 3 heteroatoms. The van der Waals surface area contributed by atoms with Gasteiger partial charge in [0.15, 0.2) is 6.61 Å². The Balaban J connectivity index is 2.01. The molecule has 3 nitrogen and oxygen atoms in total. The molecule has 0 aliphatic heterocycles. The molecule has 0 bridgehead atoms. The van der Waals surface area contributed by atoms with Crippen molar-refractivity contribution in [2.24, 2.45) is 0 Å². The first-order valence-electron chi connectivity index (χ1n) is 8.87. The van der Waals surface area contributed by atoms with Crippen LogP contribution in [0, 0.1) is 20.8 Å². The first kappa shape index (κ1) is 19.0. The van der Waals surface area contributed by atoms with Crippen LogP contribution >= 0.6 is 0 Å². The summed E-state index contributed by atoms with van der Waals surface area (Å²) in [5.74, 6) is 1.04. The molecule has 0 fully saturated rings. The van der Waals surface area contributed by atoms with E-state index in [1.54, 1.807) is 0 Å². The van der Waals surface area contributed by atoms with Gasteiger partial charge in [0.1, 0.15) is 5.75 Å². The molecule has 1 atom stereocenters. The van der Waals surface area contributed by atoms with E-state index in [0.29, 0.717) is 5.92 Å². The molecule has 2 rings (SSSR count). The normalized spacial score (nSPS) is 12.1. The van der Waals surface area contributed by atoms with Gasteiger partial charge in [-0.15, -0.1) is 0 Å². The van der Waals surface area contributed by atoms with Crippen LogP contribution in [0.1, 0.15) is 60.5 Å². The fraction of sp³-hybridized carbons (Fsp3) is 0.409. The minimum atomic E-state index is -0.107. The van der Waals surface area contributed by atoms with E-state index in [9.17, 15) is 4.79 Å². The SMILES string of the molecule is Cc1ccc(C(C)C)c(OCC(=O)NC(C)c2cc(C)ccc2C)c1. The van der Waals surface area contributed by atoms with Crippen molar-refractivity contribution in [3.63, 3.8) is 0 Å². The minimum absolute atomic E-state index is 0.0262. The number of amides is 1. The molecule has 0 spiro atoms. The zero-order valence-electron chi connectivity index (χ0n) is 16.1. The van der Waals surface area contributed by atoms with Gasteiger partial charge < -0.3 is 10.1 Å². The number of hydrogen-bond donors (Lipinski definition) is 1. The van der Waals surface area contributed by atoms with Crippen LogP contribution in [0.3, 0.4) is 0 Å². The number of rotatable bonds is 6. The Bertz CT molecular complexity index is 750. The second kappa shape index (κ2) is 8.19. The maximum Gasteiger partial charge on any atom is 0.258 e. The lowest BCUT2D eigenvalue weighted by molar-refractivity contribution is -0.123. The van der Waals surface area contributed by atoms with Crippen molar-refractivity contribution in [3.05, 3.63) is 64.2 Å². The van der Waals surface area contributed by atoms with E-state index in [2.05, 4.69) is 63.3 Å². The van der Waals surface area contributed by atoms with Gasteiger partial charge in [-0.25, -0.2) is 0 Å². The van der Waals surface area contributed by atoms with Gasteiger partial charge in [-0.2, -0.15) is 0 Å². The second-order valence-electron chi connectivity index (χ2n) is 7.13. The van der Waals surface area contributed by atoms with E-state index < -0.39 is 0 Å². The molecule has 0 aromatic heterocycles. The van der Waals surface area contributed by atoms with E-state index in [-0.39, 0.29) is 18.6 Å². The van der Waals surface area contributed by atoms with Gasteiger partial charge in [0.25, 0.3) is 5.91 Å². The van der Waals surface area contributed by atoms with Crippen LogP contribution in [0.25, 0.3) is 0 Å². The van der Waals surface area contributed by atoms with E-state index in [1.165, 1.54) is 11.1 Å². The minimum Gasteiger partial charge on any atom is -0.483 e. The number of hydrogen-bond acceptors (Lipinski definition) is 2. The van der Waals surface area contributed by atoms with Gasteiger partial charge in [-0.05, 0) is 61.9 Å². The lowest BCUT2D eigenvalue weighted by Gasteiger charge is -2.19. The Labute approximate surface area is 151 Å². The highest BCUT2D eigenvalue weighted by Crippen LogP contribution is 2.27.